The van der Waals surface area contributed by atoms with Gasteiger partial charge in [-0.25, -0.2) is 13.2 Å². The third kappa shape index (κ3) is 4.33. The number of carbonyl (C=O) groups excluding carboxylic acids is 1. The number of rotatable bonds is 1. The molecule has 0 radical (unpaired) electrons. The molecular weight excluding hydrogens is 296 g/mol. The van der Waals surface area contributed by atoms with Crippen LogP contribution in [0.15, 0.2) is 0 Å². The monoisotopic (exact) mass is 318 g/mol. The molecule has 0 aromatic heterocycles. The molecule has 2 saturated heterocycles. The van der Waals surface area contributed by atoms with Crippen LogP contribution in [0.3, 0.4) is 0 Å². The minimum atomic E-state index is -2.97. The van der Waals surface area contributed by atoms with Crippen LogP contribution >= 0.6 is 0 Å². The number of hydrogen-bond donors (Lipinski definition) is 1. The maximum atomic E-state index is 12.5. The molecule has 7 nitrogen and oxygen atoms in total. The molecule has 0 aromatic carbocycles. The minimum Gasteiger partial charge on any atom is -0.465 e. The van der Waals surface area contributed by atoms with E-state index in [9.17, 15) is 18.0 Å². The van der Waals surface area contributed by atoms with Crippen molar-refractivity contribution in [2.24, 2.45) is 5.92 Å². The summed E-state index contributed by atoms with van der Waals surface area (Å²) < 4.78 is 22.8. The number of nitrogens with zero attached hydrogens (tertiary/aromatic N) is 2. The number of amides is 2. The first-order valence-corrected chi connectivity index (χ1v) is 9.18. The first-order chi connectivity index (χ1) is 9.89. The minimum absolute atomic E-state index is 0.0165. The van der Waals surface area contributed by atoms with E-state index in [0.29, 0.717) is 39.0 Å². The second-order valence-corrected chi connectivity index (χ2v) is 8.03. The summed E-state index contributed by atoms with van der Waals surface area (Å²) in [5, 5.41) is 9.04. The highest BCUT2D eigenvalue weighted by Crippen LogP contribution is 2.21. The summed E-state index contributed by atoms with van der Waals surface area (Å²) in [6.07, 6.45) is 1.35. The highest BCUT2D eigenvalue weighted by atomic mass is 32.2. The Morgan fingerprint density at radius 3 is 2.00 bits per heavy atom. The van der Waals surface area contributed by atoms with E-state index >= 15 is 0 Å². The average molecular weight is 318 g/mol. The van der Waals surface area contributed by atoms with E-state index in [0.717, 1.165) is 12.8 Å². The van der Waals surface area contributed by atoms with Gasteiger partial charge in [-0.3, -0.25) is 4.79 Å². The van der Waals surface area contributed by atoms with Crippen LogP contribution in [0.1, 0.15) is 25.7 Å². The van der Waals surface area contributed by atoms with Crippen molar-refractivity contribution in [3.8, 4) is 0 Å². The Bertz CT molecular complexity index is 491. The summed E-state index contributed by atoms with van der Waals surface area (Å²) in [6, 6.07) is 0. The fraction of sp³-hybridized carbons (Fsp3) is 0.846. The van der Waals surface area contributed by atoms with Crippen LogP contribution in [-0.4, -0.2) is 73.0 Å². The molecule has 1 N–H and O–H groups in total. The van der Waals surface area contributed by atoms with Gasteiger partial charge in [-0.2, -0.15) is 0 Å². The maximum absolute atomic E-state index is 12.5. The Balaban J connectivity index is 1.93. The summed E-state index contributed by atoms with van der Waals surface area (Å²) in [4.78, 5) is 26.5. The number of carboxylic acid groups (broad SMARTS) is 1. The quantitative estimate of drug-likeness (QED) is 0.756. The largest absolute Gasteiger partial charge is 0.465 e. The zero-order valence-electron chi connectivity index (χ0n) is 12.0. The average Bonchev–Trinajstić information content (AvgIpc) is 2.37. The first kappa shape index (κ1) is 16.1. The molecule has 2 aliphatic heterocycles. The lowest BCUT2D eigenvalue weighted by molar-refractivity contribution is -0.136. The topological polar surface area (TPSA) is 95.0 Å². The number of carbonyl (C=O) groups is 2. The van der Waals surface area contributed by atoms with Crippen molar-refractivity contribution in [1.29, 1.82) is 0 Å². The predicted molar refractivity (Wildman–Crippen MR) is 76.8 cm³/mol. The van der Waals surface area contributed by atoms with Gasteiger partial charge in [0.05, 0.1) is 11.5 Å². The van der Waals surface area contributed by atoms with E-state index < -0.39 is 15.9 Å². The highest BCUT2D eigenvalue weighted by molar-refractivity contribution is 7.91. The molecule has 2 heterocycles. The summed E-state index contributed by atoms with van der Waals surface area (Å²) in [7, 11) is -2.97. The van der Waals surface area contributed by atoms with Gasteiger partial charge >= 0.3 is 6.09 Å². The van der Waals surface area contributed by atoms with Crippen LogP contribution in [-0.2, 0) is 14.6 Å². The van der Waals surface area contributed by atoms with E-state index in [1.54, 1.807) is 4.90 Å². The molecule has 0 spiro atoms. The zero-order valence-corrected chi connectivity index (χ0v) is 12.8. The maximum Gasteiger partial charge on any atom is 0.407 e. The van der Waals surface area contributed by atoms with Crippen molar-refractivity contribution in [2.45, 2.75) is 25.7 Å². The van der Waals surface area contributed by atoms with Crippen LogP contribution in [0.25, 0.3) is 0 Å². The SMILES string of the molecule is O=C(O)N1CCCCN(C(=O)C2CCS(=O)(=O)CC2)CC1. The lowest BCUT2D eigenvalue weighted by Gasteiger charge is -2.33. The van der Waals surface area contributed by atoms with Gasteiger partial charge in [-0.15, -0.1) is 0 Å². The third-order valence-corrected chi connectivity index (χ3v) is 5.95. The number of sulfone groups is 1. The molecule has 0 aliphatic carbocycles. The molecule has 2 fully saturated rings. The summed E-state index contributed by atoms with van der Waals surface area (Å²) in [5.41, 5.74) is 0. The van der Waals surface area contributed by atoms with E-state index in [2.05, 4.69) is 0 Å². The predicted octanol–water partition coefficient (Wildman–Crippen LogP) is 0.414. The normalized spacial score (nSPS) is 24.2. The van der Waals surface area contributed by atoms with E-state index in [4.69, 9.17) is 5.11 Å². The lowest BCUT2D eigenvalue weighted by Crippen LogP contribution is -2.46. The van der Waals surface area contributed by atoms with Crippen molar-refractivity contribution in [2.75, 3.05) is 37.7 Å². The van der Waals surface area contributed by atoms with Gasteiger partial charge in [0.1, 0.15) is 9.84 Å². The second kappa shape index (κ2) is 6.64. The molecule has 8 heteroatoms. The van der Waals surface area contributed by atoms with E-state index in [1.807, 2.05) is 0 Å². The van der Waals surface area contributed by atoms with Gasteiger partial charge < -0.3 is 14.9 Å². The molecule has 2 amide bonds. The van der Waals surface area contributed by atoms with Crippen LogP contribution in [0.2, 0.25) is 0 Å². The van der Waals surface area contributed by atoms with Crippen LogP contribution in [0.4, 0.5) is 4.79 Å². The summed E-state index contributed by atoms with van der Waals surface area (Å²) in [5.74, 6) is -0.0832. The first-order valence-electron chi connectivity index (χ1n) is 7.36. The van der Waals surface area contributed by atoms with Gasteiger partial charge in [-0.05, 0) is 25.7 Å². The van der Waals surface area contributed by atoms with Gasteiger partial charge in [0.2, 0.25) is 5.91 Å². The van der Waals surface area contributed by atoms with Crippen molar-refractivity contribution >= 4 is 21.8 Å². The van der Waals surface area contributed by atoms with Crippen molar-refractivity contribution in [3.05, 3.63) is 0 Å². The molecule has 21 heavy (non-hydrogen) atoms. The summed E-state index contributed by atoms with van der Waals surface area (Å²) >= 11 is 0. The van der Waals surface area contributed by atoms with Crippen molar-refractivity contribution in [3.63, 3.8) is 0 Å². The van der Waals surface area contributed by atoms with Gasteiger partial charge in [0.25, 0.3) is 0 Å². The Hall–Kier alpha value is -1.31. The molecule has 0 unspecified atom stereocenters. The standard InChI is InChI=1S/C13H22N2O5S/c16-12(11-3-9-21(19,20)10-4-11)14-5-1-2-6-15(8-7-14)13(17)18/h11H,1-10H2,(H,17,18). The molecule has 0 saturated carbocycles. The Morgan fingerprint density at radius 2 is 1.43 bits per heavy atom. The molecule has 0 bridgehead atoms. The highest BCUT2D eigenvalue weighted by Gasteiger charge is 2.31. The molecule has 0 atom stereocenters. The van der Waals surface area contributed by atoms with Gasteiger partial charge in [0, 0.05) is 32.1 Å². The van der Waals surface area contributed by atoms with Crippen molar-refractivity contribution in [1.82, 2.24) is 9.80 Å². The third-order valence-electron chi connectivity index (χ3n) is 4.23. The van der Waals surface area contributed by atoms with Crippen LogP contribution in [0.5, 0.6) is 0 Å². The second-order valence-electron chi connectivity index (χ2n) is 5.73. The fourth-order valence-corrected chi connectivity index (χ4v) is 4.37. The lowest BCUT2D eigenvalue weighted by atomic mass is 10.0. The van der Waals surface area contributed by atoms with Crippen LogP contribution in [0, 0.1) is 5.92 Å². The van der Waals surface area contributed by atoms with Gasteiger partial charge in [0.15, 0.2) is 0 Å². The molecule has 120 valence electrons. The Kier molecular flexibility index (Phi) is 5.08. The Labute approximate surface area is 124 Å². The zero-order chi connectivity index (χ0) is 15.5. The smallest absolute Gasteiger partial charge is 0.407 e. The van der Waals surface area contributed by atoms with Crippen LogP contribution < -0.4 is 0 Å². The fourth-order valence-electron chi connectivity index (χ4n) is 2.88. The van der Waals surface area contributed by atoms with Crippen molar-refractivity contribution < 1.29 is 23.1 Å². The van der Waals surface area contributed by atoms with E-state index in [1.165, 1.54) is 4.90 Å². The molecule has 2 rings (SSSR count). The molecule has 2 aliphatic rings. The number of hydrogen-bond acceptors (Lipinski definition) is 4. The molecule has 0 aromatic rings. The van der Waals surface area contributed by atoms with Gasteiger partial charge in [-0.1, -0.05) is 0 Å². The van der Waals surface area contributed by atoms with E-state index in [-0.39, 0.29) is 23.3 Å². The molecular formula is C13H22N2O5S. The Morgan fingerprint density at radius 1 is 0.905 bits per heavy atom. The summed E-state index contributed by atoms with van der Waals surface area (Å²) in [6.45, 7) is 1.87.